The van der Waals surface area contributed by atoms with Crippen molar-refractivity contribution >= 4 is 23.5 Å². The number of hydrogen-bond acceptors (Lipinski definition) is 3. The monoisotopic (exact) mass is 301 g/mol. The summed E-state index contributed by atoms with van der Waals surface area (Å²) in [5.41, 5.74) is -0.0629. The highest BCUT2D eigenvalue weighted by Crippen LogP contribution is 2.17. The van der Waals surface area contributed by atoms with Gasteiger partial charge in [-0.05, 0) is 25.0 Å². The van der Waals surface area contributed by atoms with E-state index in [0.29, 0.717) is 25.8 Å². The molecule has 110 valence electrons. The molecule has 0 aliphatic rings. The van der Waals surface area contributed by atoms with E-state index in [2.05, 4.69) is 10.1 Å². The molecular weight excluding hydrogens is 285 g/mol. The minimum absolute atomic E-state index is 0.0629. The Bertz CT molecular complexity index is 479. The molecule has 0 aliphatic carbocycles. The van der Waals surface area contributed by atoms with Crippen LogP contribution in [0, 0.1) is 5.82 Å². The SMILES string of the molecule is COC(=O)CCCCCNC(=O)c1cccc(Cl)c1F. The molecule has 1 N–H and O–H groups in total. The van der Waals surface area contributed by atoms with E-state index >= 15 is 0 Å². The van der Waals surface area contributed by atoms with Gasteiger partial charge in [-0.3, -0.25) is 9.59 Å². The Kier molecular flexibility index (Phi) is 7.01. The molecular formula is C14H17ClFNO3. The maximum absolute atomic E-state index is 13.6. The van der Waals surface area contributed by atoms with Crippen molar-refractivity contribution in [1.29, 1.82) is 0 Å². The molecule has 0 spiro atoms. The predicted octanol–water partition coefficient (Wildman–Crippen LogP) is 2.94. The molecule has 0 saturated heterocycles. The van der Waals surface area contributed by atoms with Crippen molar-refractivity contribution in [3.63, 3.8) is 0 Å². The minimum atomic E-state index is -0.711. The quantitative estimate of drug-likeness (QED) is 0.622. The molecule has 0 saturated carbocycles. The molecule has 0 atom stereocenters. The molecule has 0 radical (unpaired) electrons. The van der Waals surface area contributed by atoms with Crippen LogP contribution in [0.3, 0.4) is 0 Å². The van der Waals surface area contributed by atoms with Crippen molar-refractivity contribution in [2.75, 3.05) is 13.7 Å². The van der Waals surface area contributed by atoms with Crippen molar-refractivity contribution in [2.24, 2.45) is 0 Å². The zero-order valence-electron chi connectivity index (χ0n) is 11.2. The normalized spacial score (nSPS) is 10.2. The number of ether oxygens (including phenoxy) is 1. The minimum Gasteiger partial charge on any atom is -0.469 e. The number of carbonyl (C=O) groups is 2. The van der Waals surface area contributed by atoms with E-state index in [0.717, 1.165) is 6.42 Å². The van der Waals surface area contributed by atoms with Crippen molar-refractivity contribution in [3.05, 3.63) is 34.6 Å². The predicted molar refractivity (Wildman–Crippen MR) is 74.2 cm³/mol. The number of rotatable bonds is 7. The second kappa shape index (κ2) is 8.53. The fourth-order valence-corrected chi connectivity index (χ4v) is 1.82. The van der Waals surface area contributed by atoms with Gasteiger partial charge >= 0.3 is 5.97 Å². The molecule has 20 heavy (non-hydrogen) atoms. The highest BCUT2D eigenvalue weighted by molar-refractivity contribution is 6.31. The van der Waals surface area contributed by atoms with Gasteiger partial charge in [0.15, 0.2) is 5.82 Å². The second-order valence-electron chi connectivity index (χ2n) is 4.24. The zero-order valence-corrected chi connectivity index (χ0v) is 12.0. The number of methoxy groups -OCH3 is 1. The van der Waals surface area contributed by atoms with Crippen LogP contribution in [0.2, 0.25) is 5.02 Å². The largest absolute Gasteiger partial charge is 0.469 e. The number of halogens is 2. The number of amides is 1. The molecule has 1 amide bonds. The first-order valence-corrected chi connectivity index (χ1v) is 6.73. The van der Waals surface area contributed by atoms with Crippen molar-refractivity contribution in [1.82, 2.24) is 5.32 Å². The first-order valence-electron chi connectivity index (χ1n) is 6.35. The van der Waals surface area contributed by atoms with Crippen LogP contribution in [-0.2, 0) is 9.53 Å². The third-order valence-corrected chi connectivity index (χ3v) is 3.06. The molecule has 6 heteroatoms. The summed E-state index contributed by atoms with van der Waals surface area (Å²) in [6.07, 6.45) is 2.57. The summed E-state index contributed by atoms with van der Waals surface area (Å²) < 4.78 is 18.1. The highest BCUT2D eigenvalue weighted by Gasteiger charge is 2.13. The first-order chi connectivity index (χ1) is 9.56. The number of esters is 1. The molecule has 0 aromatic heterocycles. The van der Waals surface area contributed by atoms with Crippen molar-refractivity contribution < 1.29 is 18.7 Å². The Morgan fingerprint density at radius 2 is 2.05 bits per heavy atom. The van der Waals surface area contributed by atoms with E-state index in [4.69, 9.17) is 11.6 Å². The zero-order chi connectivity index (χ0) is 15.0. The van der Waals surface area contributed by atoms with Gasteiger partial charge in [-0.15, -0.1) is 0 Å². The van der Waals surface area contributed by atoms with Gasteiger partial charge in [0.25, 0.3) is 5.91 Å². The summed E-state index contributed by atoms with van der Waals surface area (Å²) >= 11 is 5.61. The summed E-state index contributed by atoms with van der Waals surface area (Å²) in [4.78, 5) is 22.6. The molecule has 0 aliphatic heterocycles. The lowest BCUT2D eigenvalue weighted by Gasteiger charge is -2.06. The average molecular weight is 302 g/mol. The highest BCUT2D eigenvalue weighted by atomic mass is 35.5. The number of carbonyl (C=O) groups excluding carboxylic acids is 2. The number of hydrogen-bond donors (Lipinski definition) is 1. The van der Waals surface area contributed by atoms with Gasteiger partial charge in [-0.2, -0.15) is 0 Å². The first kappa shape index (κ1) is 16.4. The van der Waals surface area contributed by atoms with Crippen molar-refractivity contribution in [3.8, 4) is 0 Å². The van der Waals surface area contributed by atoms with Gasteiger partial charge in [-0.1, -0.05) is 24.1 Å². The average Bonchev–Trinajstić information content (AvgIpc) is 2.44. The van der Waals surface area contributed by atoms with E-state index in [1.165, 1.54) is 25.3 Å². The Morgan fingerprint density at radius 3 is 2.75 bits per heavy atom. The van der Waals surface area contributed by atoms with Crippen LogP contribution in [0.5, 0.6) is 0 Å². The van der Waals surface area contributed by atoms with Gasteiger partial charge in [-0.25, -0.2) is 4.39 Å². The maximum Gasteiger partial charge on any atom is 0.305 e. The summed E-state index contributed by atoms with van der Waals surface area (Å²) in [7, 11) is 1.35. The molecule has 4 nitrogen and oxygen atoms in total. The van der Waals surface area contributed by atoms with Crippen LogP contribution in [-0.4, -0.2) is 25.5 Å². The summed E-state index contributed by atoms with van der Waals surface area (Å²) in [6, 6.07) is 4.30. The molecule has 1 aromatic rings. The summed E-state index contributed by atoms with van der Waals surface area (Å²) in [5.74, 6) is -1.44. The standard InChI is InChI=1S/C14H17ClFNO3/c1-20-12(18)8-3-2-4-9-17-14(19)10-6-5-7-11(15)13(10)16/h5-7H,2-4,8-9H2,1H3,(H,17,19). The lowest BCUT2D eigenvalue weighted by molar-refractivity contribution is -0.140. The van der Waals surface area contributed by atoms with E-state index in [1.54, 1.807) is 0 Å². The third-order valence-electron chi connectivity index (χ3n) is 2.77. The lowest BCUT2D eigenvalue weighted by Crippen LogP contribution is -2.25. The third kappa shape index (κ3) is 5.17. The lowest BCUT2D eigenvalue weighted by atomic mass is 10.1. The van der Waals surface area contributed by atoms with Gasteiger partial charge < -0.3 is 10.1 Å². The molecule has 0 bridgehead atoms. The smallest absolute Gasteiger partial charge is 0.305 e. The van der Waals surface area contributed by atoms with E-state index in [9.17, 15) is 14.0 Å². The van der Waals surface area contributed by atoms with E-state index in [1.807, 2.05) is 0 Å². The second-order valence-corrected chi connectivity index (χ2v) is 4.65. The number of nitrogens with one attached hydrogen (secondary N) is 1. The Morgan fingerprint density at radius 1 is 1.30 bits per heavy atom. The number of benzene rings is 1. The Labute approximate surface area is 122 Å². The van der Waals surface area contributed by atoms with Gasteiger partial charge in [0, 0.05) is 13.0 Å². The molecule has 1 aromatic carbocycles. The van der Waals surface area contributed by atoms with Crippen LogP contribution in [0.1, 0.15) is 36.0 Å². The maximum atomic E-state index is 13.6. The molecule has 0 unspecified atom stereocenters. The summed E-state index contributed by atoms with van der Waals surface area (Å²) in [5, 5.41) is 2.54. The summed E-state index contributed by atoms with van der Waals surface area (Å²) in [6.45, 7) is 0.423. The van der Waals surface area contributed by atoms with Crippen LogP contribution in [0.25, 0.3) is 0 Å². The fraction of sp³-hybridized carbons (Fsp3) is 0.429. The fourth-order valence-electron chi connectivity index (χ4n) is 1.65. The van der Waals surface area contributed by atoms with Gasteiger partial charge in [0.1, 0.15) is 0 Å². The van der Waals surface area contributed by atoms with Gasteiger partial charge in [0.05, 0.1) is 17.7 Å². The van der Waals surface area contributed by atoms with Crippen molar-refractivity contribution in [2.45, 2.75) is 25.7 Å². The topological polar surface area (TPSA) is 55.4 Å². The van der Waals surface area contributed by atoms with Crippen LogP contribution in [0.4, 0.5) is 4.39 Å². The van der Waals surface area contributed by atoms with Crippen LogP contribution >= 0.6 is 11.6 Å². The number of unbranched alkanes of at least 4 members (excludes halogenated alkanes) is 2. The molecule has 0 fully saturated rings. The van der Waals surface area contributed by atoms with Crippen LogP contribution in [0.15, 0.2) is 18.2 Å². The Hall–Kier alpha value is -1.62. The van der Waals surface area contributed by atoms with Crippen LogP contribution < -0.4 is 5.32 Å². The molecule has 0 heterocycles. The van der Waals surface area contributed by atoms with E-state index in [-0.39, 0.29) is 16.6 Å². The van der Waals surface area contributed by atoms with Gasteiger partial charge in [0.2, 0.25) is 0 Å². The Balaban J connectivity index is 2.27. The molecule has 1 rings (SSSR count). The van der Waals surface area contributed by atoms with E-state index < -0.39 is 11.7 Å².